The van der Waals surface area contributed by atoms with Gasteiger partial charge in [0.25, 0.3) is 0 Å². The number of halogens is 1. The molecule has 0 spiro atoms. The van der Waals surface area contributed by atoms with Crippen molar-refractivity contribution in [2.45, 2.75) is 25.0 Å². The maximum atomic E-state index is 12.3. The van der Waals surface area contributed by atoms with Crippen LogP contribution in [0.5, 0.6) is 5.75 Å². The number of Topliss-reactive ketones (excluding diaryl/α,β-unsaturated/α-hetero) is 1. The molecule has 112 valence electrons. The number of ether oxygens (including phenoxy) is 1. The second-order valence-electron chi connectivity index (χ2n) is 4.24. The predicted octanol–water partition coefficient (Wildman–Crippen LogP) is 2.72. The number of methoxy groups -OCH3 is 1. The van der Waals surface area contributed by atoms with E-state index >= 15 is 0 Å². The average Bonchev–Trinajstić information content (AvgIpc) is 2.92. The molecule has 0 radical (unpaired) electrons. The first kappa shape index (κ1) is 15.8. The van der Waals surface area contributed by atoms with Crippen LogP contribution >= 0.6 is 23.4 Å². The van der Waals surface area contributed by atoms with Gasteiger partial charge in [-0.2, -0.15) is 0 Å². The molecule has 0 saturated heterocycles. The Bertz CT molecular complexity index is 632. The average molecular weight is 327 g/mol. The normalized spacial score (nSPS) is 10.6. The van der Waals surface area contributed by atoms with Crippen molar-refractivity contribution in [3.05, 3.63) is 28.8 Å². The molecule has 0 bridgehead atoms. The number of aryl methyl sites for hydroxylation is 1. The van der Waals surface area contributed by atoms with Crippen molar-refractivity contribution in [1.29, 1.82) is 0 Å². The van der Waals surface area contributed by atoms with Crippen LogP contribution in [-0.2, 0) is 6.54 Å². The molecule has 6 nitrogen and oxygen atoms in total. The summed E-state index contributed by atoms with van der Waals surface area (Å²) in [4.78, 5) is 12.3. The lowest BCUT2D eigenvalue weighted by molar-refractivity contribution is 0.101. The quantitative estimate of drug-likeness (QED) is 0.575. The van der Waals surface area contributed by atoms with Crippen LogP contribution in [0.3, 0.4) is 0 Å². The Labute approximate surface area is 131 Å². The molecule has 0 unspecified atom stereocenters. The van der Waals surface area contributed by atoms with E-state index in [-0.39, 0.29) is 11.5 Å². The molecule has 2 rings (SSSR count). The van der Waals surface area contributed by atoms with Crippen LogP contribution in [-0.4, -0.2) is 38.9 Å². The molecule has 1 heterocycles. The van der Waals surface area contributed by atoms with Gasteiger partial charge in [0.15, 0.2) is 5.78 Å². The highest BCUT2D eigenvalue weighted by atomic mass is 35.5. The number of carbonyl (C=O) groups excluding carboxylic acids is 1. The van der Waals surface area contributed by atoms with Gasteiger partial charge in [-0.05, 0) is 35.0 Å². The number of aromatic nitrogens is 4. The maximum absolute atomic E-state index is 12.3. The van der Waals surface area contributed by atoms with Crippen molar-refractivity contribution in [3.63, 3.8) is 0 Å². The third-order valence-corrected chi connectivity index (χ3v) is 3.92. The van der Waals surface area contributed by atoms with Gasteiger partial charge < -0.3 is 4.74 Å². The molecule has 8 heteroatoms. The van der Waals surface area contributed by atoms with Crippen LogP contribution < -0.4 is 4.74 Å². The van der Waals surface area contributed by atoms with E-state index in [1.165, 1.54) is 18.9 Å². The topological polar surface area (TPSA) is 69.9 Å². The highest BCUT2D eigenvalue weighted by Gasteiger charge is 2.15. The summed E-state index contributed by atoms with van der Waals surface area (Å²) in [5.41, 5.74) is 0.465. The van der Waals surface area contributed by atoms with Gasteiger partial charge in [-0.3, -0.25) is 4.79 Å². The summed E-state index contributed by atoms with van der Waals surface area (Å²) in [6.45, 7) is 2.77. The van der Waals surface area contributed by atoms with E-state index in [1.54, 1.807) is 22.9 Å². The molecule has 0 aliphatic carbocycles. The fourth-order valence-electron chi connectivity index (χ4n) is 1.76. The van der Waals surface area contributed by atoms with Crippen molar-refractivity contribution in [1.82, 2.24) is 20.2 Å². The lowest BCUT2D eigenvalue weighted by Gasteiger charge is -2.07. The number of hydrogen-bond donors (Lipinski definition) is 0. The number of benzene rings is 1. The minimum atomic E-state index is -0.0783. The Morgan fingerprint density at radius 3 is 3.00 bits per heavy atom. The van der Waals surface area contributed by atoms with Crippen LogP contribution in [0.15, 0.2) is 23.4 Å². The predicted molar refractivity (Wildman–Crippen MR) is 81.2 cm³/mol. The standard InChI is InChI=1S/C13H15ClN4O2S/c1-3-6-18-13(15-16-17-18)21-8-11(19)10-7-9(14)4-5-12(10)20-2/h4-5,7H,3,6,8H2,1-2H3. The lowest BCUT2D eigenvalue weighted by Crippen LogP contribution is -2.07. The van der Waals surface area contributed by atoms with E-state index in [2.05, 4.69) is 15.5 Å². The highest BCUT2D eigenvalue weighted by Crippen LogP contribution is 2.25. The molecule has 0 amide bonds. The van der Waals surface area contributed by atoms with Gasteiger partial charge in [0, 0.05) is 11.6 Å². The van der Waals surface area contributed by atoms with Crippen LogP contribution in [0.4, 0.5) is 0 Å². The first-order valence-corrected chi connectivity index (χ1v) is 7.77. The Hall–Kier alpha value is -1.60. The molecule has 21 heavy (non-hydrogen) atoms. The van der Waals surface area contributed by atoms with E-state index in [0.29, 0.717) is 21.5 Å². The fraction of sp³-hybridized carbons (Fsp3) is 0.385. The summed E-state index contributed by atoms with van der Waals surface area (Å²) in [5, 5.41) is 12.6. The summed E-state index contributed by atoms with van der Waals surface area (Å²) in [7, 11) is 1.52. The highest BCUT2D eigenvalue weighted by molar-refractivity contribution is 7.99. The minimum Gasteiger partial charge on any atom is -0.496 e. The van der Waals surface area contributed by atoms with Crippen molar-refractivity contribution < 1.29 is 9.53 Å². The van der Waals surface area contributed by atoms with Gasteiger partial charge in [0.2, 0.25) is 5.16 Å². The zero-order chi connectivity index (χ0) is 15.2. The lowest BCUT2D eigenvalue weighted by atomic mass is 10.1. The number of hydrogen-bond acceptors (Lipinski definition) is 6. The fourth-order valence-corrected chi connectivity index (χ4v) is 2.72. The minimum absolute atomic E-state index is 0.0783. The first-order chi connectivity index (χ1) is 10.2. The van der Waals surface area contributed by atoms with E-state index in [4.69, 9.17) is 16.3 Å². The molecular weight excluding hydrogens is 312 g/mol. The number of rotatable bonds is 7. The summed E-state index contributed by atoms with van der Waals surface area (Å²) in [5.74, 6) is 0.657. The van der Waals surface area contributed by atoms with Gasteiger partial charge >= 0.3 is 0 Å². The first-order valence-electron chi connectivity index (χ1n) is 6.41. The molecule has 0 saturated carbocycles. The van der Waals surface area contributed by atoms with E-state index < -0.39 is 0 Å². The van der Waals surface area contributed by atoms with Crippen LogP contribution in [0.1, 0.15) is 23.7 Å². The molecular formula is C13H15ClN4O2S. The molecule has 1 aromatic carbocycles. The summed E-state index contributed by atoms with van der Waals surface area (Å²) in [6.07, 6.45) is 0.925. The molecule has 1 aromatic heterocycles. The second kappa shape index (κ2) is 7.42. The van der Waals surface area contributed by atoms with Crippen LogP contribution in [0.2, 0.25) is 5.02 Å². The zero-order valence-electron chi connectivity index (χ0n) is 11.7. The van der Waals surface area contributed by atoms with Crippen LogP contribution in [0.25, 0.3) is 0 Å². The number of ketones is 1. The molecule has 2 aromatic rings. The smallest absolute Gasteiger partial charge is 0.209 e. The number of tetrazole rings is 1. The van der Waals surface area contributed by atoms with Crippen molar-refractivity contribution >= 4 is 29.1 Å². The van der Waals surface area contributed by atoms with E-state index in [1.807, 2.05) is 6.92 Å². The summed E-state index contributed by atoms with van der Waals surface area (Å²) >= 11 is 7.23. The number of thioether (sulfide) groups is 1. The zero-order valence-corrected chi connectivity index (χ0v) is 13.3. The molecule has 0 aliphatic heterocycles. The largest absolute Gasteiger partial charge is 0.496 e. The Kier molecular flexibility index (Phi) is 5.58. The molecule has 0 atom stereocenters. The van der Waals surface area contributed by atoms with E-state index in [9.17, 15) is 4.79 Å². The summed E-state index contributed by atoms with van der Waals surface area (Å²) in [6, 6.07) is 4.98. The van der Waals surface area contributed by atoms with Gasteiger partial charge in [0.05, 0.1) is 18.4 Å². The third kappa shape index (κ3) is 3.95. The van der Waals surface area contributed by atoms with Crippen molar-refractivity contribution in [2.24, 2.45) is 0 Å². The van der Waals surface area contributed by atoms with Crippen molar-refractivity contribution in [2.75, 3.05) is 12.9 Å². The third-order valence-electron chi connectivity index (χ3n) is 2.73. The van der Waals surface area contributed by atoms with Gasteiger partial charge in [-0.1, -0.05) is 30.3 Å². The van der Waals surface area contributed by atoms with Crippen molar-refractivity contribution in [3.8, 4) is 5.75 Å². The van der Waals surface area contributed by atoms with Gasteiger partial charge in [-0.15, -0.1) is 5.10 Å². The van der Waals surface area contributed by atoms with Gasteiger partial charge in [0.1, 0.15) is 5.75 Å². The monoisotopic (exact) mass is 326 g/mol. The van der Waals surface area contributed by atoms with Gasteiger partial charge in [-0.25, -0.2) is 4.68 Å². The number of carbonyl (C=O) groups is 1. The maximum Gasteiger partial charge on any atom is 0.209 e. The van der Waals surface area contributed by atoms with Crippen LogP contribution in [0, 0.1) is 0 Å². The number of nitrogens with zero attached hydrogens (tertiary/aromatic N) is 4. The Morgan fingerprint density at radius 1 is 1.48 bits per heavy atom. The molecule has 0 fully saturated rings. The second-order valence-corrected chi connectivity index (χ2v) is 5.62. The Morgan fingerprint density at radius 2 is 2.29 bits per heavy atom. The molecule has 0 aliphatic rings. The Balaban J connectivity index is 2.08. The van der Waals surface area contributed by atoms with E-state index in [0.717, 1.165) is 13.0 Å². The summed E-state index contributed by atoms with van der Waals surface area (Å²) < 4.78 is 6.87. The SMILES string of the molecule is CCCn1nnnc1SCC(=O)c1cc(Cl)ccc1OC. The molecule has 0 N–H and O–H groups in total.